The summed E-state index contributed by atoms with van der Waals surface area (Å²) in [6, 6.07) is 1.97. The fourth-order valence-corrected chi connectivity index (χ4v) is 2.52. The smallest absolute Gasteiger partial charge is 0.160 e. The maximum atomic E-state index is 6.27. The number of hydrogen-bond donors (Lipinski definition) is 0. The maximum absolute atomic E-state index is 6.27. The lowest BCUT2D eigenvalue weighted by molar-refractivity contribution is 0.411. The molecular weight excluding hydrogens is 234 g/mol. The second kappa shape index (κ2) is 3.98. The minimum absolute atomic E-state index is 0.424. The topological polar surface area (TPSA) is 30.2 Å². The fourth-order valence-electron chi connectivity index (χ4n) is 2.28. The van der Waals surface area contributed by atoms with Crippen LogP contribution in [0, 0.1) is 0 Å². The van der Waals surface area contributed by atoms with E-state index in [1.807, 2.05) is 12.3 Å². The van der Waals surface area contributed by atoms with Gasteiger partial charge in [0.15, 0.2) is 5.65 Å². The van der Waals surface area contributed by atoms with Crippen LogP contribution in [0.2, 0.25) is 5.15 Å². The number of halogens is 1. The maximum Gasteiger partial charge on any atom is 0.160 e. The Morgan fingerprint density at radius 3 is 2.76 bits per heavy atom. The Morgan fingerprint density at radius 1 is 1.41 bits per heavy atom. The quantitative estimate of drug-likeness (QED) is 0.759. The minimum atomic E-state index is 0.424. The monoisotopic (exact) mass is 249 g/mol. The van der Waals surface area contributed by atoms with Gasteiger partial charge in [-0.3, -0.25) is 0 Å². The van der Waals surface area contributed by atoms with Crippen LogP contribution in [0.4, 0.5) is 0 Å². The van der Waals surface area contributed by atoms with Gasteiger partial charge in [0.1, 0.15) is 5.15 Å². The summed E-state index contributed by atoms with van der Waals surface area (Å²) in [6.07, 6.45) is 5.67. The molecule has 0 atom stereocenters. The van der Waals surface area contributed by atoms with Crippen molar-refractivity contribution in [1.82, 2.24) is 14.6 Å². The van der Waals surface area contributed by atoms with Crippen molar-refractivity contribution < 1.29 is 0 Å². The zero-order valence-electron chi connectivity index (χ0n) is 10.2. The van der Waals surface area contributed by atoms with Gasteiger partial charge < -0.3 is 0 Å². The normalized spacial score (nSPS) is 16.7. The first-order chi connectivity index (χ1) is 8.16. The average molecular weight is 250 g/mol. The predicted molar refractivity (Wildman–Crippen MR) is 68.7 cm³/mol. The molecule has 0 unspecified atom stereocenters. The molecule has 1 aliphatic rings. The molecule has 0 amide bonds. The third-order valence-electron chi connectivity index (χ3n) is 3.62. The molecule has 1 fully saturated rings. The zero-order valence-corrected chi connectivity index (χ0v) is 10.9. The Kier molecular flexibility index (Phi) is 2.58. The number of rotatable bonds is 2. The van der Waals surface area contributed by atoms with Gasteiger partial charge in [-0.15, -0.1) is 0 Å². The molecular formula is C13H16ClN3. The molecule has 0 bridgehead atoms. The van der Waals surface area contributed by atoms with Crippen molar-refractivity contribution in [3.63, 3.8) is 0 Å². The van der Waals surface area contributed by atoms with Crippen molar-refractivity contribution in [2.24, 2.45) is 0 Å². The van der Waals surface area contributed by atoms with E-state index in [4.69, 9.17) is 16.6 Å². The Morgan fingerprint density at radius 2 is 2.18 bits per heavy atom. The largest absolute Gasteiger partial charge is 0.233 e. The lowest BCUT2D eigenvalue weighted by Crippen LogP contribution is -2.12. The van der Waals surface area contributed by atoms with E-state index in [2.05, 4.69) is 18.9 Å². The van der Waals surface area contributed by atoms with E-state index in [9.17, 15) is 0 Å². The van der Waals surface area contributed by atoms with Crippen molar-refractivity contribution in [2.45, 2.75) is 44.9 Å². The first kappa shape index (κ1) is 11.0. The van der Waals surface area contributed by atoms with Gasteiger partial charge in [-0.25, -0.2) is 9.50 Å². The van der Waals surface area contributed by atoms with Crippen LogP contribution in [0.3, 0.4) is 0 Å². The number of aromatic nitrogens is 3. The van der Waals surface area contributed by atoms with Gasteiger partial charge in [0.25, 0.3) is 0 Å². The van der Waals surface area contributed by atoms with Gasteiger partial charge in [0.05, 0.1) is 6.20 Å². The Labute approximate surface area is 106 Å². The summed E-state index contributed by atoms with van der Waals surface area (Å²) in [4.78, 5) is 4.76. The van der Waals surface area contributed by atoms with Crippen LogP contribution >= 0.6 is 11.6 Å². The summed E-state index contributed by atoms with van der Waals surface area (Å²) < 4.78 is 1.74. The molecule has 17 heavy (non-hydrogen) atoms. The molecule has 3 nitrogen and oxygen atoms in total. The van der Waals surface area contributed by atoms with Gasteiger partial charge in [-0.05, 0) is 24.8 Å². The van der Waals surface area contributed by atoms with Crippen LogP contribution < -0.4 is 0 Å². The van der Waals surface area contributed by atoms with E-state index < -0.39 is 0 Å². The van der Waals surface area contributed by atoms with E-state index in [1.165, 1.54) is 24.8 Å². The molecule has 1 saturated carbocycles. The fraction of sp³-hybridized carbons (Fsp3) is 0.538. The van der Waals surface area contributed by atoms with Gasteiger partial charge >= 0.3 is 0 Å². The molecule has 2 aromatic heterocycles. The Bertz CT molecular complexity index is 555. The lowest BCUT2D eigenvalue weighted by atomic mass is 9.83. The molecule has 0 aliphatic heterocycles. The van der Waals surface area contributed by atoms with Gasteiger partial charge in [-0.2, -0.15) is 5.10 Å². The number of hydrogen-bond acceptors (Lipinski definition) is 2. The van der Waals surface area contributed by atoms with E-state index in [0.29, 0.717) is 17.0 Å². The average Bonchev–Trinajstić information content (AvgIpc) is 2.58. The molecule has 2 heterocycles. The number of fused-ring (bicyclic) bond motifs is 1. The summed E-state index contributed by atoms with van der Waals surface area (Å²) in [6.45, 7) is 4.31. The highest BCUT2D eigenvalue weighted by Crippen LogP contribution is 2.36. The molecule has 0 N–H and O–H groups in total. The zero-order chi connectivity index (χ0) is 12.0. The van der Waals surface area contributed by atoms with E-state index >= 15 is 0 Å². The standard InChI is InChI=1S/C13H16ClN3/c1-8(2)10-7-15-17-12(14)6-11(16-13(10)17)9-4-3-5-9/h6-9H,3-5H2,1-2H3. The Balaban J connectivity index is 2.17. The predicted octanol–water partition coefficient (Wildman–Crippen LogP) is 3.77. The van der Waals surface area contributed by atoms with Crippen molar-refractivity contribution in [2.75, 3.05) is 0 Å². The molecule has 4 heteroatoms. The van der Waals surface area contributed by atoms with Crippen molar-refractivity contribution in [3.8, 4) is 0 Å². The van der Waals surface area contributed by atoms with Crippen molar-refractivity contribution in [1.29, 1.82) is 0 Å². The van der Waals surface area contributed by atoms with Crippen LogP contribution in [0.25, 0.3) is 5.65 Å². The molecule has 1 aliphatic carbocycles. The molecule has 0 radical (unpaired) electrons. The second-order valence-corrected chi connectivity index (χ2v) is 5.51. The van der Waals surface area contributed by atoms with Gasteiger partial charge in [0, 0.05) is 17.2 Å². The van der Waals surface area contributed by atoms with E-state index in [-0.39, 0.29) is 0 Å². The van der Waals surface area contributed by atoms with Crippen LogP contribution in [0.1, 0.15) is 56.2 Å². The highest BCUT2D eigenvalue weighted by molar-refractivity contribution is 6.29. The Hall–Kier alpha value is -1.09. The third kappa shape index (κ3) is 1.73. The van der Waals surface area contributed by atoms with Gasteiger partial charge in [0.2, 0.25) is 0 Å². The van der Waals surface area contributed by atoms with Crippen LogP contribution in [-0.4, -0.2) is 14.6 Å². The number of nitrogens with zero attached hydrogens (tertiary/aromatic N) is 3. The van der Waals surface area contributed by atoms with Crippen molar-refractivity contribution in [3.05, 3.63) is 28.7 Å². The first-order valence-corrected chi connectivity index (χ1v) is 6.58. The third-order valence-corrected chi connectivity index (χ3v) is 3.89. The molecule has 0 saturated heterocycles. The summed E-state index contributed by atoms with van der Waals surface area (Å²) in [5, 5.41) is 4.98. The second-order valence-electron chi connectivity index (χ2n) is 5.12. The van der Waals surface area contributed by atoms with E-state index in [0.717, 1.165) is 11.3 Å². The van der Waals surface area contributed by atoms with Gasteiger partial charge in [-0.1, -0.05) is 31.9 Å². The molecule has 2 aromatic rings. The van der Waals surface area contributed by atoms with E-state index in [1.54, 1.807) is 4.52 Å². The molecule has 0 aromatic carbocycles. The van der Waals surface area contributed by atoms with Crippen LogP contribution in [-0.2, 0) is 0 Å². The lowest BCUT2D eigenvalue weighted by Gasteiger charge is -2.25. The summed E-state index contributed by atoms with van der Waals surface area (Å²) in [5.41, 5.74) is 3.23. The highest BCUT2D eigenvalue weighted by atomic mass is 35.5. The molecule has 0 spiro atoms. The minimum Gasteiger partial charge on any atom is -0.233 e. The van der Waals surface area contributed by atoms with Crippen LogP contribution in [0.5, 0.6) is 0 Å². The summed E-state index contributed by atoms with van der Waals surface area (Å²) in [7, 11) is 0. The van der Waals surface area contributed by atoms with Crippen LogP contribution in [0.15, 0.2) is 12.3 Å². The molecule has 90 valence electrons. The van der Waals surface area contributed by atoms with Crippen molar-refractivity contribution >= 4 is 17.2 Å². The summed E-state index contributed by atoms with van der Waals surface area (Å²) >= 11 is 6.27. The highest BCUT2D eigenvalue weighted by Gasteiger charge is 2.23. The molecule has 3 rings (SSSR count). The SMILES string of the molecule is CC(C)c1cnn2c(Cl)cc(C3CCC3)nc12. The first-order valence-electron chi connectivity index (χ1n) is 6.21. The summed E-state index contributed by atoms with van der Waals surface area (Å²) in [5.74, 6) is 1.03.